The molecule has 0 unspecified atom stereocenters. The van der Waals surface area contributed by atoms with E-state index in [9.17, 15) is 30.4 Å². The molecule has 0 saturated carbocycles. The SMILES string of the molecule is CN(C)CCCN=Cc1cc([N+](=O)[O-])ccc1[O-].CN(C)CCCN=Cc1cc([N+](=O)[O-])ccc1[O-].[Cu+2].[Cu+2].[N-]=[N+]=[N-].[N-]=[N+]=[N-]. The van der Waals surface area contributed by atoms with Crippen LogP contribution < -0.4 is 10.2 Å². The van der Waals surface area contributed by atoms with E-state index < -0.39 is 9.85 Å². The summed E-state index contributed by atoms with van der Waals surface area (Å²) in [6.07, 6.45) is 4.58. The number of aliphatic imine (C=N–C) groups is 2. The summed E-state index contributed by atoms with van der Waals surface area (Å²) in [6.45, 7) is 3.02. The molecule has 0 atom stereocenters. The molecule has 0 heterocycles. The molecule has 2 radical (unpaired) electrons. The minimum Gasteiger partial charge on any atom is -0.872 e. The summed E-state index contributed by atoms with van der Waals surface area (Å²) >= 11 is 0. The normalized spacial score (nSPS) is 9.59. The van der Waals surface area contributed by atoms with Crippen LogP contribution in [0, 0.1) is 20.2 Å². The van der Waals surface area contributed by atoms with Crippen LogP contribution in [0.25, 0.3) is 31.9 Å². The molecule has 0 saturated heterocycles. The molecule has 2 aromatic rings. The van der Waals surface area contributed by atoms with Gasteiger partial charge in [0, 0.05) is 49.8 Å². The van der Waals surface area contributed by atoms with Gasteiger partial charge >= 0.3 is 34.1 Å². The fourth-order valence-electron chi connectivity index (χ4n) is 2.78. The van der Waals surface area contributed by atoms with Gasteiger partial charge in [0.15, 0.2) is 0 Å². The van der Waals surface area contributed by atoms with E-state index in [1.54, 1.807) is 0 Å². The molecule has 20 heteroatoms. The molecule has 0 spiro atoms. The van der Waals surface area contributed by atoms with Crippen LogP contribution in [0.5, 0.6) is 11.5 Å². The molecule has 44 heavy (non-hydrogen) atoms. The molecule has 2 aromatic carbocycles. The summed E-state index contributed by atoms with van der Waals surface area (Å²) in [7, 11) is 7.89. The maximum atomic E-state index is 11.4. The van der Waals surface area contributed by atoms with Crippen molar-refractivity contribution in [3.8, 4) is 11.5 Å². The summed E-state index contributed by atoms with van der Waals surface area (Å²) in [5.74, 6) is -0.506. The number of benzene rings is 2. The van der Waals surface area contributed by atoms with Gasteiger partial charge in [-0.1, -0.05) is 23.6 Å². The first-order valence-electron chi connectivity index (χ1n) is 12.0. The zero-order chi connectivity index (χ0) is 32.5. The summed E-state index contributed by atoms with van der Waals surface area (Å²) in [5.41, 5.74) is 27.3. The van der Waals surface area contributed by atoms with Crippen LogP contribution >= 0.6 is 0 Å². The fourth-order valence-corrected chi connectivity index (χ4v) is 2.78. The second-order valence-electron chi connectivity index (χ2n) is 8.52. The molecule has 0 aromatic heterocycles. The average molecular weight is 712 g/mol. The molecule has 0 aliphatic carbocycles. The standard InChI is InChI=1S/2C12H17N3O3.2Cu.2N3/c2*1-14(2)7-3-6-13-9-10-8-11(15(17)18)4-5-12(10)16;;;2*1-3-2/h2*4-5,8-9,16H,3,6-7H2,1-2H3;;;;/q;;2*+2;2*-1/p-2. The third-order valence-electron chi connectivity index (χ3n) is 4.65. The first-order valence-corrected chi connectivity index (χ1v) is 12.0. The summed E-state index contributed by atoms with van der Waals surface area (Å²) in [6, 6.07) is 7.28. The van der Waals surface area contributed by atoms with Crippen molar-refractivity contribution in [2.24, 2.45) is 9.98 Å². The van der Waals surface area contributed by atoms with E-state index in [1.807, 2.05) is 38.0 Å². The second kappa shape index (κ2) is 28.9. The Balaban J connectivity index is -0.000000296. The summed E-state index contributed by atoms with van der Waals surface area (Å²) in [4.78, 5) is 35.4. The average Bonchev–Trinajstić information content (AvgIpc) is 2.91. The molecule has 0 amide bonds. The molecule has 0 bridgehead atoms. The van der Waals surface area contributed by atoms with Gasteiger partial charge < -0.3 is 42.1 Å². The largest absolute Gasteiger partial charge is 2.00 e. The Morgan fingerprint density at radius 2 is 1.00 bits per heavy atom. The number of rotatable bonds is 12. The topological polar surface area (TPSA) is 281 Å². The molecule has 0 N–H and O–H groups in total. The maximum Gasteiger partial charge on any atom is 2.00 e. The van der Waals surface area contributed by atoms with Crippen LogP contribution in [0.2, 0.25) is 0 Å². The van der Waals surface area contributed by atoms with Gasteiger partial charge in [-0.2, -0.15) is 0 Å². The van der Waals surface area contributed by atoms with Gasteiger partial charge in [0.2, 0.25) is 0 Å². The van der Waals surface area contributed by atoms with Crippen molar-refractivity contribution in [1.29, 1.82) is 0 Å². The van der Waals surface area contributed by atoms with Crippen molar-refractivity contribution in [2.75, 3.05) is 54.4 Å². The van der Waals surface area contributed by atoms with Crippen molar-refractivity contribution in [1.82, 2.24) is 9.80 Å². The van der Waals surface area contributed by atoms with Gasteiger partial charge in [0.1, 0.15) is 0 Å². The van der Waals surface area contributed by atoms with Crippen molar-refractivity contribution in [2.45, 2.75) is 12.8 Å². The van der Waals surface area contributed by atoms with Crippen LogP contribution in [0.3, 0.4) is 0 Å². The molecule has 18 nitrogen and oxygen atoms in total. The third-order valence-corrected chi connectivity index (χ3v) is 4.65. The Morgan fingerprint density at radius 1 is 0.705 bits per heavy atom. The fraction of sp³-hybridized carbons (Fsp3) is 0.417. The Hall–Kier alpha value is -4.24. The predicted octanol–water partition coefficient (Wildman–Crippen LogP) is 3.81. The molecule has 0 aliphatic heterocycles. The number of non-ortho nitro benzene ring substituents is 2. The van der Waals surface area contributed by atoms with E-state index >= 15 is 0 Å². The van der Waals surface area contributed by atoms with E-state index in [-0.39, 0.29) is 68.1 Å². The Bertz CT molecular complexity index is 1150. The molecule has 0 fully saturated rings. The third kappa shape index (κ3) is 24.4. The van der Waals surface area contributed by atoms with Crippen LogP contribution in [-0.2, 0) is 34.1 Å². The minimum atomic E-state index is -0.525. The molecule has 246 valence electrons. The molecular formula is C24H32Cu2N12O6. The van der Waals surface area contributed by atoms with Gasteiger partial charge in [-0.05, 0) is 65.2 Å². The molecule has 2 rings (SSSR count). The van der Waals surface area contributed by atoms with Gasteiger partial charge in [0.05, 0.1) is 9.85 Å². The second-order valence-corrected chi connectivity index (χ2v) is 8.52. The quantitative estimate of drug-likeness (QED) is 0.0455. The van der Waals surface area contributed by atoms with Crippen molar-refractivity contribution in [3.63, 3.8) is 0 Å². The maximum absolute atomic E-state index is 11.4. The summed E-state index contributed by atoms with van der Waals surface area (Å²) < 4.78 is 0. The molecule has 0 aliphatic rings. The van der Waals surface area contributed by atoms with Gasteiger partial charge in [-0.3, -0.25) is 40.0 Å². The van der Waals surface area contributed by atoms with E-state index in [0.29, 0.717) is 13.1 Å². The van der Waals surface area contributed by atoms with Crippen LogP contribution in [0.1, 0.15) is 24.0 Å². The zero-order valence-corrected chi connectivity index (χ0v) is 26.2. The van der Waals surface area contributed by atoms with Crippen molar-refractivity contribution in [3.05, 3.63) is 99.7 Å². The van der Waals surface area contributed by atoms with Crippen molar-refractivity contribution >= 4 is 23.8 Å². The van der Waals surface area contributed by atoms with Crippen LogP contribution in [0.4, 0.5) is 11.4 Å². The number of hydrogen-bond acceptors (Lipinski definition) is 10. The Kier molecular flexibility index (Phi) is 30.6. The zero-order valence-electron chi connectivity index (χ0n) is 24.3. The number of hydrogen-bond donors (Lipinski definition) is 0. The minimum absolute atomic E-state index is 0. The van der Waals surface area contributed by atoms with E-state index in [0.717, 1.165) is 25.9 Å². The van der Waals surface area contributed by atoms with Gasteiger partial charge in [-0.15, -0.1) is 0 Å². The smallest absolute Gasteiger partial charge is 0.872 e. The van der Waals surface area contributed by atoms with Crippen LogP contribution in [0.15, 0.2) is 46.4 Å². The van der Waals surface area contributed by atoms with Gasteiger partial charge in [0.25, 0.3) is 11.4 Å². The predicted molar refractivity (Wildman–Crippen MR) is 157 cm³/mol. The first-order chi connectivity index (χ1) is 19.8. The monoisotopic (exact) mass is 710 g/mol. The Labute approximate surface area is 275 Å². The number of nitro groups is 2. The number of nitrogens with zero attached hydrogens (tertiary/aromatic N) is 12. The first kappa shape index (κ1) is 46.7. The summed E-state index contributed by atoms with van der Waals surface area (Å²) in [5, 5.41) is 44.0. The molecular weight excluding hydrogens is 679 g/mol. The number of nitro benzene ring substituents is 2. The van der Waals surface area contributed by atoms with E-state index in [1.165, 1.54) is 58.7 Å². The van der Waals surface area contributed by atoms with E-state index in [2.05, 4.69) is 9.98 Å². The van der Waals surface area contributed by atoms with Crippen LogP contribution in [-0.4, -0.2) is 86.4 Å². The Morgan fingerprint density at radius 3 is 1.25 bits per heavy atom. The van der Waals surface area contributed by atoms with Gasteiger partial charge in [-0.25, -0.2) is 0 Å². The van der Waals surface area contributed by atoms with E-state index in [4.69, 9.17) is 22.1 Å². The van der Waals surface area contributed by atoms with Crippen molar-refractivity contribution < 1.29 is 54.2 Å².